The summed E-state index contributed by atoms with van der Waals surface area (Å²) in [4.78, 5) is 17.2. The first kappa shape index (κ1) is 15.2. The highest BCUT2D eigenvalue weighted by Gasteiger charge is 2.29. The molecule has 118 valence electrons. The van der Waals surface area contributed by atoms with Gasteiger partial charge in [0.25, 0.3) is 5.56 Å². The predicted molar refractivity (Wildman–Crippen MR) is 86.1 cm³/mol. The number of aromatic nitrogens is 1. The predicted octanol–water partition coefficient (Wildman–Crippen LogP) is 0.807. The highest BCUT2D eigenvalue weighted by atomic mass is 16.3. The summed E-state index contributed by atoms with van der Waals surface area (Å²) < 4.78 is 0. The van der Waals surface area contributed by atoms with Gasteiger partial charge in [0.1, 0.15) is 0 Å². The van der Waals surface area contributed by atoms with E-state index in [0.29, 0.717) is 24.8 Å². The monoisotopic (exact) mass is 302 g/mol. The Balaban J connectivity index is 1.80. The molecular weight excluding hydrogens is 280 g/mol. The average molecular weight is 302 g/mol. The summed E-state index contributed by atoms with van der Waals surface area (Å²) in [5.74, 6) is 0. The van der Waals surface area contributed by atoms with Crippen molar-refractivity contribution in [1.82, 2.24) is 9.88 Å². The second-order valence-electron chi connectivity index (χ2n) is 6.13. The van der Waals surface area contributed by atoms with Gasteiger partial charge in [0.15, 0.2) is 0 Å². The third-order valence-corrected chi connectivity index (χ3v) is 4.55. The average Bonchev–Trinajstić information content (AvgIpc) is 2.86. The Kier molecular flexibility index (Phi) is 4.29. The quantitative estimate of drug-likeness (QED) is 0.781. The number of rotatable bonds is 4. The van der Waals surface area contributed by atoms with Crippen LogP contribution >= 0.6 is 0 Å². The molecule has 0 bridgehead atoms. The van der Waals surface area contributed by atoms with Crippen molar-refractivity contribution in [3.05, 3.63) is 45.9 Å². The van der Waals surface area contributed by atoms with Crippen LogP contribution in [0.4, 0.5) is 0 Å². The SMILES string of the molecule is Cc1cccc2c(=O)[nH]c(CCN3C[C@@H](O)C[C@@H]3CO)cc12. The van der Waals surface area contributed by atoms with Gasteiger partial charge in [-0.25, -0.2) is 0 Å². The molecule has 5 nitrogen and oxygen atoms in total. The van der Waals surface area contributed by atoms with Crippen LogP contribution < -0.4 is 5.56 Å². The van der Waals surface area contributed by atoms with Crippen LogP contribution in [0.25, 0.3) is 10.8 Å². The fraction of sp³-hybridized carbons (Fsp3) is 0.471. The second-order valence-corrected chi connectivity index (χ2v) is 6.13. The molecule has 0 spiro atoms. The molecule has 2 aromatic rings. The summed E-state index contributed by atoms with van der Waals surface area (Å²) >= 11 is 0. The fourth-order valence-electron chi connectivity index (χ4n) is 3.31. The van der Waals surface area contributed by atoms with Gasteiger partial charge in [-0.1, -0.05) is 12.1 Å². The first-order chi connectivity index (χ1) is 10.6. The third kappa shape index (κ3) is 2.92. The summed E-state index contributed by atoms with van der Waals surface area (Å²) in [6.45, 7) is 3.37. The zero-order chi connectivity index (χ0) is 15.7. The maximum absolute atomic E-state index is 12.2. The molecule has 0 unspecified atom stereocenters. The van der Waals surface area contributed by atoms with Crippen molar-refractivity contribution < 1.29 is 10.2 Å². The number of nitrogens with zero attached hydrogens (tertiary/aromatic N) is 1. The number of hydrogen-bond donors (Lipinski definition) is 3. The van der Waals surface area contributed by atoms with Gasteiger partial charge in [-0.3, -0.25) is 9.69 Å². The molecule has 3 N–H and O–H groups in total. The molecule has 0 radical (unpaired) electrons. The minimum Gasteiger partial charge on any atom is -0.395 e. The molecule has 0 aliphatic carbocycles. The molecule has 1 aromatic heterocycles. The minimum absolute atomic E-state index is 0.0175. The smallest absolute Gasteiger partial charge is 0.256 e. The summed E-state index contributed by atoms with van der Waals surface area (Å²) in [6, 6.07) is 7.79. The van der Waals surface area contributed by atoms with Gasteiger partial charge in [0.2, 0.25) is 0 Å². The Morgan fingerprint density at radius 2 is 2.18 bits per heavy atom. The molecule has 1 aromatic carbocycles. The number of aliphatic hydroxyl groups is 2. The zero-order valence-electron chi connectivity index (χ0n) is 12.7. The number of aryl methyl sites for hydroxylation is 1. The van der Waals surface area contributed by atoms with E-state index < -0.39 is 0 Å². The van der Waals surface area contributed by atoms with E-state index in [1.54, 1.807) is 0 Å². The van der Waals surface area contributed by atoms with Gasteiger partial charge in [-0.2, -0.15) is 0 Å². The molecule has 1 saturated heterocycles. The third-order valence-electron chi connectivity index (χ3n) is 4.55. The molecule has 0 saturated carbocycles. The number of likely N-dealkylation sites (tertiary alicyclic amines) is 1. The molecule has 1 aliphatic rings. The number of nitrogens with one attached hydrogen (secondary N) is 1. The van der Waals surface area contributed by atoms with Crippen LogP contribution in [0.15, 0.2) is 29.1 Å². The van der Waals surface area contributed by atoms with Gasteiger partial charge in [-0.05, 0) is 36.4 Å². The lowest BCUT2D eigenvalue weighted by atomic mass is 10.1. The van der Waals surface area contributed by atoms with E-state index in [2.05, 4.69) is 9.88 Å². The van der Waals surface area contributed by atoms with Crippen LogP contribution in [-0.4, -0.2) is 51.9 Å². The molecule has 0 amide bonds. The number of pyridine rings is 1. The Hall–Kier alpha value is -1.69. The van der Waals surface area contributed by atoms with Crippen molar-refractivity contribution in [3.63, 3.8) is 0 Å². The van der Waals surface area contributed by atoms with E-state index in [9.17, 15) is 15.0 Å². The van der Waals surface area contributed by atoms with Crippen LogP contribution in [0.1, 0.15) is 17.7 Å². The topological polar surface area (TPSA) is 76.6 Å². The van der Waals surface area contributed by atoms with Crippen LogP contribution in [0.2, 0.25) is 0 Å². The summed E-state index contributed by atoms with van der Waals surface area (Å²) in [7, 11) is 0. The van der Waals surface area contributed by atoms with Crippen molar-refractivity contribution in [2.75, 3.05) is 19.7 Å². The van der Waals surface area contributed by atoms with Crippen LogP contribution in [0, 0.1) is 6.92 Å². The largest absolute Gasteiger partial charge is 0.395 e. The molecule has 2 atom stereocenters. The maximum Gasteiger partial charge on any atom is 0.256 e. The molecule has 3 rings (SSSR count). The normalized spacial score (nSPS) is 22.5. The highest BCUT2D eigenvalue weighted by Crippen LogP contribution is 2.19. The number of benzene rings is 1. The van der Waals surface area contributed by atoms with Gasteiger partial charge in [0, 0.05) is 36.6 Å². The number of aliphatic hydroxyl groups excluding tert-OH is 2. The Morgan fingerprint density at radius 3 is 2.95 bits per heavy atom. The van der Waals surface area contributed by atoms with E-state index >= 15 is 0 Å². The van der Waals surface area contributed by atoms with Gasteiger partial charge in [-0.15, -0.1) is 0 Å². The molecule has 5 heteroatoms. The lowest BCUT2D eigenvalue weighted by molar-refractivity contribution is 0.156. The molecule has 2 heterocycles. The number of aromatic amines is 1. The first-order valence-corrected chi connectivity index (χ1v) is 7.73. The van der Waals surface area contributed by atoms with E-state index in [1.807, 2.05) is 31.2 Å². The highest BCUT2D eigenvalue weighted by molar-refractivity contribution is 5.84. The van der Waals surface area contributed by atoms with Gasteiger partial charge >= 0.3 is 0 Å². The maximum atomic E-state index is 12.2. The van der Waals surface area contributed by atoms with Crippen molar-refractivity contribution in [1.29, 1.82) is 0 Å². The zero-order valence-corrected chi connectivity index (χ0v) is 12.7. The van der Waals surface area contributed by atoms with Crippen LogP contribution in [0.5, 0.6) is 0 Å². The number of H-pyrrole nitrogens is 1. The van der Waals surface area contributed by atoms with Crippen LogP contribution in [0.3, 0.4) is 0 Å². The van der Waals surface area contributed by atoms with Crippen molar-refractivity contribution in [2.45, 2.75) is 31.9 Å². The minimum atomic E-state index is -0.366. The summed E-state index contributed by atoms with van der Waals surface area (Å²) in [6.07, 6.45) is 0.946. The van der Waals surface area contributed by atoms with E-state index in [-0.39, 0.29) is 24.3 Å². The molecule has 22 heavy (non-hydrogen) atoms. The van der Waals surface area contributed by atoms with E-state index in [0.717, 1.165) is 23.2 Å². The Labute approximate surface area is 129 Å². The Bertz CT molecular complexity index is 725. The van der Waals surface area contributed by atoms with Crippen molar-refractivity contribution >= 4 is 10.8 Å². The molecule has 1 aliphatic heterocycles. The summed E-state index contributed by atoms with van der Waals surface area (Å²) in [5, 5.41) is 20.8. The summed E-state index contributed by atoms with van der Waals surface area (Å²) in [5.41, 5.74) is 1.93. The molecule has 1 fully saturated rings. The van der Waals surface area contributed by atoms with Gasteiger partial charge in [0.05, 0.1) is 12.7 Å². The molecular formula is C17H22N2O3. The number of fused-ring (bicyclic) bond motifs is 1. The Morgan fingerprint density at radius 1 is 1.36 bits per heavy atom. The van der Waals surface area contributed by atoms with Crippen LogP contribution in [-0.2, 0) is 6.42 Å². The second kappa shape index (κ2) is 6.20. The standard InChI is InChI=1S/C17H22N2O3/c1-11-3-2-4-15-16(11)7-12(18-17(15)22)5-6-19-9-14(21)8-13(19)10-20/h2-4,7,13-14,20-21H,5-6,8-10H2,1H3,(H,18,22)/t13-,14+/m1/s1. The lowest BCUT2D eigenvalue weighted by Crippen LogP contribution is -2.34. The van der Waals surface area contributed by atoms with Gasteiger partial charge < -0.3 is 15.2 Å². The van der Waals surface area contributed by atoms with Crippen molar-refractivity contribution in [3.8, 4) is 0 Å². The number of hydrogen-bond acceptors (Lipinski definition) is 4. The fourth-order valence-corrected chi connectivity index (χ4v) is 3.31. The van der Waals surface area contributed by atoms with Crippen molar-refractivity contribution in [2.24, 2.45) is 0 Å². The lowest BCUT2D eigenvalue weighted by Gasteiger charge is -2.22. The number of β-amino-alcohol motifs (C(OH)–C–C–N with tert-alkyl or cyclic N) is 1. The van der Waals surface area contributed by atoms with E-state index in [4.69, 9.17) is 0 Å². The van der Waals surface area contributed by atoms with E-state index in [1.165, 1.54) is 0 Å². The first-order valence-electron chi connectivity index (χ1n) is 7.73.